The minimum atomic E-state index is -0.127. The highest BCUT2D eigenvalue weighted by Gasteiger charge is 2.35. The lowest BCUT2D eigenvalue weighted by molar-refractivity contribution is 0.660. The van der Waals surface area contributed by atoms with Gasteiger partial charge in [0.15, 0.2) is 0 Å². The summed E-state index contributed by atoms with van der Waals surface area (Å²) in [7, 11) is 0. The van der Waals surface area contributed by atoms with Crippen molar-refractivity contribution in [1.82, 2.24) is 4.57 Å². The number of nitrogens with zero attached hydrogens (tertiary/aromatic N) is 2. The molecule has 13 aromatic rings. The minimum Gasteiger partial charge on any atom is -0.456 e. The summed E-state index contributed by atoms with van der Waals surface area (Å²) in [6.07, 6.45) is 0. The van der Waals surface area contributed by atoms with Crippen LogP contribution in [0.15, 0.2) is 227 Å². The zero-order valence-electron chi connectivity index (χ0n) is 37.0. The third-order valence-electron chi connectivity index (χ3n) is 14.4. The Morgan fingerprint density at radius 3 is 1.69 bits per heavy atom. The van der Waals surface area contributed by atoms with E-state index in [-0.39, 0.29) is 5.41 Å². The molecule has 0 radical (unpaired) electrons. The summed E-state index contributed by atoms with van der Waals surface area (Å²) in [5.74, 6) is 0. The van der Waals surface area contributed by atoms with Gasteiger partial charge in [0.2, 0.25) is 0 Å². The molecule has 4 heteroatoms. The number of benzene rings is 10. The Kier molecular flexibility index (Phi) is 8.00. The Morgan fingerprint density at radius 2 is 0.925 bits per heavy atom. The van der Waals surface area contributed by atoms with Crippen molar-refractivity contribution in [1.29, 1.82) is 0 Å². The van der Waals surface area contributed by atoms with Crippen LogP contribution in [-0.4, -0.2) is 4.57 Å². The highest BCUT2D eigenvalue weighted by molar-refractivity contribution is 6.17. The average Bonchev–Trinajstić information content (AvgIpc) is 4.10. The molecule has 0 saturated carbocycles. The number of furan rings is 2. The van der Waals surface area contributed by atoms with Crippen molar-refractivity contribution >= 4 is 82.7 Å². The molecule has 0 aliphatic heterocycles. The molecule has 67 heavy (non-hydrogen) atoms. The van der Waals surface area contributed by atoms with E-state index in [1.807, 2.05) is 24.3 Å². The molecule has 0 amide bonds. The Hall–Kier alpha value is -8.60. The first-order valence-electron chi connectivity index (χ1n) is 23.1. The molecule has 0 saturated heterocycles. The van der Waals surface area contributed by atoms with Crippen molar-refractivity contribution in [3.05, 3.63) is 230 Å². The molecule has 0 bridgehead atoms. The molecule has 316 valence electrons. The highest BCUT2D eigenvalue weighted by Crippen LogP contribution is 2.51. The van der Waals surface area contributed by atoms with Crippen molar-refractivity contribution < 1.29 is 8.83 Å². The number of aromatic nitrogens is 1. The molecule has 10 aromatic carbocycles. The van der Waals surface area contributed by atoms with Gasteiger partial charge in [-0.05, 0) is 118 Å². The van der Waals surface area contributed by atoms with Gasteiger partial charge in [0.25, 0.3) is 0 Å². The third-order valence-corrected chi connectivity index (χ3v) is 14.4. The average molecular weight is 859 g/mol. The number of hydrogen-bond acceptors (Lipinski definition) is 3. The fourth-order valence-electron chi connectivity index (χ4n) is 11.1. The maximum absolute atomic E-state index is 6.46. The van der Waals surface area contributed by atoms with E-state index in [1.165, 1.54) is 38.5 Å². The predicted octanol–water partition coefficient (Wildman–Crippen LogP) is 17.7. The maximum Gasteiger partial charge on any atom is 0.143 e. The summed E-state index contributed by atoms with van der Waals surface area (Å²) in [4.78, 5) is 2.39. The van der Waals surface area contributed by atoms with Crippen molar-refractivity contribution in [3.8, 4) is 39.1 Å². The molecule has 0 N–H and O–H groups in total. The van der Waals surface area contributed by atoms with Crippen LogP contribution in [-0.2, 0) is 5.41 Å². The molecule has 1 aliphatic rings. The standard InChI is InChI=1S/C63H42N2O2/c1-63(2)55-18-7-3-12-47(55)48-35-34-45(36-56(48)63)64(43-32-26-41(27-33-43)46-16-11-17-52-50-14-5-10-21-60(50)67-62(46)52)42-28-22-39(23-29-42)40-24-30-44(31-25-40)65-57-19-8-4-13-49(57)53-38-61-54(37-58(53)65)51-15-6-9-20-59(51)66-61/h3-38H,1-2H3. The highest BCUT2D eigenvalue weighted by atomic mass is 16.3. The van der Waals surface area contributed by atoms with E-state index in [9.17, 15) is 0 Å². The fourth-order valence-corrected chi connectivity index (χ4v) is 11.1. The van der Waals surface area contributed by atoms with Crippen molar-refractivity contribution in [2.75, 3.05) is 4.90 Å². The number of rotatable bonds is 6. The Morgan fingerprint density at radius 1 is 0.358 bits per heavy atom. The molecule has 1 aliphatic carbocycles. The first-order valence-corrected chi connectivity index (χ1v) is 23.1. The van der Waals surface area contributed by atoms with Gasteiger partial charge in [-0.15, -0.1) is 0 Å². The van der Waals surface area contributed by atoms with Gasteiger partial charge < -0.3 is 18.3 Å². The molecular weight excluding hydrogens is 817 g/mol. The normalized spacial score (nSPS) is 13.0. The second-order valence-electron chi connectivity index (χ2n) is 18.5. The first kappa shape index (κ1) is 37.7. The van der Waals surface area contributed by atoms with Gasteiger partial charge in [0.1, 0.15) is 22.3 Å². The summed E-state index contributed by atoms with van der Waals surface area (Å²) in [6.45, 7) is 4.70. The predicted molar refractivity (Wildman–Crippen MR) is 278 cm³/mol. The van der Waals surface area contributed by atoms with E-state index >= 15 is 0 Å². The molecule has 0 atom stereocenters. The lowest BCUT2D eigenvalue weighted by Crippen LogP contribution is -2.16. The molecule has 0 unspecified atom stereocenters. The topological polar surface area (TPSA) is 34.5 Å². The van der Waals surface area contributed by atoms with Crippen LogP contribution in [0.25, 0.3) is 105 Å². The van der Waals surface area contributed by atoms with Gasteiger partial charge in [-0.3, -0.25) is 0 Å². The van der Waals surface area contributed by atoms with Crippen molar-refractivity contribution in [2.45, 2.75) is 19.3 Å². The van der Waals surface area contributed by atoms with Gasteiger partial charge in [-0.1, -0.05) is 153 Å². The molecule has 3 heterocycles. The van der Waals surface area contributed by atoms with E-state index < -0.39 is 0 Å². The van der Waals surface area contributed by atoms with Crippen LogP contribution in [0.3, 0.4) is 0 Å². The summed E-state index contributed by atoms with van der Waals surface area (Å²) in [5.41, 5.74) is 20.1. The van der Waals surface area contributed by atoms with E-state index in [0.717, 1.165) is 94.4 Å². The zero-order chi connectivity index (χ0) is 44.4. The van der Waals surface area contributed by atoms with Crippen LogP contribution in [0.1, 0.15) is 25.0 Å². The third kappa shape index (κ3) is 5.66. The SMILES string of the molecule is CC1(C)c2ccccc2-c2ccc(N(c3ccc(-c4ccc(-n5c6ccccc6c6cc7oc8ccccc8c7cc65)cc4)cc3)c3ccc(-c4cccc5c4oc4ccccc45)cc3)cc21. The first-order chi connectivity index (χ1) is 33.0. The zero-order valence-corrected chi connectivity index (χ0v) is 37.0. The number of anilines is 3. The van der Waals surface area contributed by atoms with E-state index in [0.29, 0.717) is 0 Å². The number of hydrogen-bond donors (Lipinski definition) is 0. The van der Waals surface area contributed by atoms with Crippen molar-refractivity contribution in [3.63, 3.8) is 0 Å². The lowest BCUT2D eigenvalue weighted by atomic mass is 9.82. The van der Waals surface area contributed by atoms with E-state index in [4.69, 9.17) is 8.83 Å². The number of fused-ring (bicyclic) bond motifs is 12. The largest absolute Gasteiger partial charge is 0.456 e. The number of para-hydroxylation sites is 4. The fraction of sp³-hybridized carbons (Fsp3) is 0.0476. The summed E-state index contributed by atoms with van der Waals surface area (Å²) in [5, 5.41) is 6.92. The summed E-state index contributed by atoms with van der Waals surface area (Å²) < 4.78 is 15.2. The van der Waals surface area contributed by atoms with Crippen LogP contribution in [0.4, 0.5) is 17.1 Å². The molecular formula is C63H42N2O2. The van der Waals surface area contributed by atoms with Gasteiger partial charge in [0, 0.05) is 66.0 Å². The second-order valence-corrected chi connectivity index (χ2v) is 18.5. The van der Waals surface area contributed by atoms with Gasteiger partial charge in [0.05, 0.1) is 11.0 Å². The quantitative estimate of drug-likeness (QED) is 0.167. The van der Waals surface area contributed by atoms with Crippen LogP contribution in [0.5, 0.6) is 0 Å². The van der Waals surface area contributed by atoms with E-state index in [1.54, 1.807) is 0 Å². The molecule has 0 spiro atoms. The van der Waals surface area contributed by atoms with Crippen LogP contribution >= 0.6 is 0 Å². The Balaban J connectivity index is 0.845. The van der Waals surface area contributed by atoms with Gasteiger partial charge in [-0.25, -0.2) is 0 Å². The van der Waals surface area contributed by atoms with Gasteiger partial charge >= 0.3 is 0 Å². The Bertz CT molecular complexity index is 4110. The molecule has 14 rings (SSSR count). The molecule has 3 aromatic heterocycles. The maximum atomic E-state index is 6.46. The van der Waals surface area contributed by atoms with Crippen molar-refractivity contribution in [2.24, 2.45) is 0 Å². The van der Waals surface area contributed by atoms with E-state index in [2.05, 4.69) is 217 Å². The van der Waals surface area contributed by atoms with Crippen LogP contribution < -0.4 is 4.90 Å². The second kappa shape index (κ2) is 14.2. The van der Waals surface area contributed by atoms with Gasteiger partial charge in [-0.2, -0.15) is 0 Å². The minimum absolute atomic E-state index is 0.127. The van der Waals surface area contributed by atoms with Crippen LogP contribution in [0, 0.1) is 0 Å². The smallest absolute Gasteiger partial charge is 0.143 e. The molecule has 0 fully saturated rings. The summed E-state index contributed by atoms with van der Waals surface area (Å²) in [6, 6.07) is 79.0. The monoisotopic (exact) mass is 858 g/mol. The Labute approximate surface area is 387 Å². The molecule has 4 nitrogen and oxygen atoms in total. The van der Waals surface area contributed by atoms with Crippen LogP contribution in [0.2, 0.25) is 0 Å². The summed E-state index contributed by atoms with van der Waals surface area (Å²) >= 11 is 0. The lowest BCUT2D eigenvalue weighted by Gasteiger charge is -2.28.